The Bertz CT molecular complexity index is 364. The fourth-order valence-corrected chi connectivity index (χ4v) is 1.25. The summed E-state index contributed by atoms with van der Waals surface area (Å²) in [5.74, 6) is -1.04. The molecule has 0 amide bonds. The second-order valence-electron chi connectivity index (χ2n) is 3.24. The molecule has 0 radical (unpaired) electrons. The van der Waals surface area contributed by atoms with Crippen molar-refractivity contribution in [2.45, 2.75) is 13.0 Å². The summed E-state index contributed by atoms with van der Waals surface area (Å²) in [6, 6.07) is 3.91. The van der Waals surface area contributed by atoms with E-state index in [-0.39, 0.29) is 24.1 Å². The molecule has 0 saturated heterocycles. The van der Waals surface area contributed by atoms with Crippen molar-refractivity contribution in [2.24, 2.45) is 0 Å². The van der Waals surface area contributed by atoms with Crippen LogP contribution in [-0.2, 0) is 4.79 Å². The van der Waals surface area contributed by atoms with Crippen molar-refractivity contribution in [1.29, 1.82) is 0 Å². The molecule has 0 unspecified atom stereocenters. The fourth-order valence-electron chi connectivity index (χ4n) is 1.25. The molecule has 5 heteroatoms. The van der Waals surface area contributed by atoms with Gasteiger partial charge in [0.25, 0.3) is 0 Å². The largest absolute Gasteiger partial charge is 0.508 e. The van der Waals surface area contributed by atoms with Gasteiger partial charge in [-0.15, -0.1) is 0 Å². The number of nitrogens with one attached hydrogen (secondary N) is 1. The molecule has 0 fully saturated rings. The van der Waals surface area contributed by atoms with Crippen LogP contribution in [0.5, 0.6) is 11.5 Å². The summed E-state index contributed by atoms with van der Waals surface area (Å²) in [7, 11) is 0. The average Bonchev–Trinajstić information content (AvgIpc) is 2.14. The molecule has 1 aromatic rings. The molecule has 82 valence electrons. The van der Waals surface area contributed by atoms with E-state index in [4.69, 9.17) is 10.2 Å². The molecule has 0 aromatic heterocycles. The number of benzene rings is 1. The molecule has 0 spiro atoms. The van der Waals surface area contributed by atoms with Gasteiger partial charge in [0.15, 0.2) is 0 Å². The number of phenols is 2. The highest BCUT2D eigenvalue weighted by Gasteiger charge is 2.11. The van der Waals surface area contributed by atoms with Gasteiger partial charge in [0.05, 0.1) is 6.54 Å². The Morgan fingerprint density at radius 2 is 2.13 bits per heavy atom. The average molecular weight is 211 g/mol. The highest BCUT2D eigenvalue weighted by atomic mass is 16.4. The number of aromatic hydroxyl groups is 2. The molecule has 0 aliphatic rings. The van der Waals surface area contributed by atoms with E-state index in [1.54, 1.807) is 13.0 Å². The van der Waals surface area contributed by atoms with Gasteiger partial charge in [0.2, 0.25) is 0 Å². The van der Waals surface area contributed by atoms with Gasteiger partial charge in [-0.05, 0) is 13.0 Å². The van der Waals surface area contributed by atoms with Crippen LogP contribution >= 0.6 is 0 Å². The van der Waals surface area contributed by atoms with Crippen LogP contribution in [0.1, 0.15) is 18.5 Å². The van der Waals surface area contributed by atoms with Gasteiger partial charge < -0.3 is 20.6 Å². The van der Waals surface area contributed by atoms with Crippen molar-refractivity contribution < 1.29 is 20.1 Å². The van der Waals surface area contributed by atoms with Crippen LogP contribution < -0.4 is 5.32 Å². The van der Waals surface area contributed by atoms with E-state index in [0.717, 1.165) is 0 Å². The number of phenolic OH excluding ortho intramolecular Hbond substituents is 2. The van der Waals surface area contributed by atoms with Crippen molar-refractivity contribution >= 4 is 5.97 Å². The molecule has 0 bridgehead atoms. The Hall–Kier alpha value is -1.75. The maximum absolute atomic E-state index is 10.3. The van der Waals surface area contributed by atoms with E-state index in [9.17, 15) is 9.90 Å². The molecular weight excluding hydrogens is 198 g/mol. The first-order valence-corrected chi connectivity index (χ1v) is 4.47. The number of carbonyl (C=O) groups is 1. The minimum Gasteiger partial charge on any atom is -0.508 e. The maximum atomic E-state index is 10.3. The van der Waals surface area contributed by atoms with Crippen molar-refractivity contribution in [1.82, 2.24) is 5.32 Å². The van der Waals surface area contributed by atoms with Gasteiger partial charge in [-0.2, -0.15) is 0 Å². The maximum Gasteiger partial charge on any atom is 0.317 e. The number of hydrogen-bond acceptors (Lipinski definition) is 4. The van der Waals surface area contributed by atoms with Crippen LogP contribution in [0.4, 0.5) is 0 Å². The summed E-state index contributed by atoms with van der Waals surface area (Å²) in [6.45, 7) is 1.55. The van der Waals surface area contributed by atoms with Gasteiger partial charge in [-0.3, -0.25) is 4.79 Å². The van der Waals surface area contributed by atoms with Crippen LogP contribution in [0.25, 0.3) is 0 Å². The zero-order valence-electron chi connectivity index (χ0n) is 8.27. The first kappa shape index (κ1) is 11.3. The molecule has 15 heavy (non-hydrogen) atoms. The summed E-state index contributed by atoms with van der Waals surface area (Å²) in [4.78, 5) is 10.3. The van der Waals surface area contributed by atoms with E-state index in [2.05, 4.69) is 5.32 Å². The van der Waals surface area contributed by atoms with Gasteiger partial charge in [0.1, 0.15) is 11.5 Å². The molecular formula is C10H13NO4. The normalized spacial score (nSPS) is 12.3. The molecule has 4 N–H and O–H groups in total. The summed E-state index contributed by atoms with van der Waals surface area (Å²) >= 11 is 0. The van der Waals surface area contributed by atoms with Gasteiger partial charge in [-0.1, -0.05) is 6.07 Å². The summed E-state index contributed by atoms with van der Waals surface area (Å²) < 4.78 is 0. The van der Waals surface area contributed by atoms with Gasteiger partial charge in [0, 0.05) is 17.7 Å². The summed E-state index contributed by atoms with van der Waals surface area (Å²) in [6.07, 6.45) is 0. The van der Waals surface area contributed by atoms with Crippen LogP contribution in [0.3, 0.4) is 0 Å². The first-order valence-electron chi connectivity index (χ1n) is 4.47. The second kappa shape index (κ2) is 4.65. The monoisotopic (exact) mass is 211 g/mol. The summed E-state index contributed by atoms with van der Waals surface area (Å²) in [5, 5.41) is 29.7. The molecule has 0 aliphatic heterocycles. The highest BCUT2D eigenvalue weighted by molar-refractivity contribution is 5.69. The minimum absolute atomic E-state index is 0.0262. The summed E-state index contributed by atoms with van der Waals surface area (Å²) in [5.41, 5.74) is 0.550. The van der Waals surface area contributed by atoms with Crippen molar-refractivity contribution in [3.8, 4) is 11.5 Å². The topological polar surface area (TPSA) is 89.8 Å². The lowest BCUT2D eigenvalue weighted by Gasteiger charge is -2.14. The third kappa shape index (κ3) is 3.14. The van der Waals surface area contributed by atoms with Crippen molar-refractivity contribution in [3.63, 3.8) is 0 Å². The van der Waals surface area contributed by atoms with Gasteiger partial charge in [-0.25, -0.2) is 0 Å². The van der Waals surface area contributed by atoms with E-state index >= 15 is 0 Å². The third-order valence-electron chi connectivity index (χ3n) is 2.04. The lowest BCUT2D eigenvalue weighted by atomic mass is 10.1. The zero-order chi connectivity index (χ0) is 11.4. The van der Waals surface area contributed by atoms with E-state index in [1.165, 1.54) is 12.1 Å². The Morgan fingerprint density at radius 1 is 1.47 bits per heavy atom. The van der Waals surface area contributed by atoms with Gasteiger partial charge >= 0.3 is 5.97 Å². The number of aliphatic carboxylic acids is 1. The molecule has 1 atom stereocenters. The Kier molecular flexibility index (Phi) is 3.51. The number of carboxylic acid groups (broad SMARTS) is 1. The van der Waals surface area contributed by atoms with Crippen LogP contribution in [0.2, 0.25) is 0 Å². The Labute approximate surface area is 87.0 Å². The molecule has 0 saturated carbocycles. The molecule has 1 rings (SSSR count). The fraction of sp³-hybridized carbons (Fsp3) is 0.300. The van der Waals surface area contributed by atoms with Crippen molar-refractivity contribution in [3.05, 3.63) is 23.8 Å². The van der Waals surface area contributed by atoms with E-state index < -0.39 is 5.97 Å². The predicted molar refractivity (Wildman–Crippen MR) is 53.8 cm³/mol. The first-order chi connectivity index (χ1) is 7.00. The highest BCUT2D eigenvalue weighted by Crippen LogP contribution is 2.27. The SMILES string of the molecule is C[C@@H](NCC(=O)O)c1ccc(O)cc1O. The minimum atomic E-state index is -0.958. The zero-order valence-corrected chi connectivity index (χ0v) is 8.27. The Balaban J connectivity index is 2.73. The number of rotatable bonds is 4. The molecule has 5 nitrogen and oxygen atoms in total. The molecule has 0 heterocycles. The molecule has 0 aliphatic carbocycles. The quantitative estimate of drug-likeness (QED) is 0.592. The standard InChI is InChI=1S/C10H13NO4/c1-6(11-5-10(14)15)8-3-2-7(12)4-9(8)13/h2-4,6,11-13H,5H2,1H3,(H,14,15)/t6-/m1/s1. The number of hydrogen-bond donors (Lipinski definition) is 4. The second-order valence-corrected chi connectivity index (χ2v) is 3.24. The third-order valence-corrected chi connectivity index (χ3v) is 2.04. The lowest BCUT2D eigenvalue weighted by molar-refractivity contribution is -0.136. The molecule has 1 aromatic carbocycles. The van der Waals surface area contributed by atoms with Crippen LogP contribution in [0, 0.1) is 0 Å². The lowest BCUT2D eigenvalue weighted by Crippen LogP contribution is -2.25. The van der Waals surface area contributed by atoms with Crippen LogP contribution in [0.15, 0.2) is 18.2 Å². The van der Waals surface area contributed by atoms with Crippen LogP contribution in [-0.4, -0.2) is 27.8 Å². The Morgan fingerprint density at radius 3 is 2.67 bits per heavy atom. The predicted octanol–water partition coefficient (Wildman–Crippen LogP) is 0.833. The van der Waals surface area contributed by atoms with E-state index in [1.807, 2.05) is 0 Å². The van der Waals surface area contributed by atoms with Crippen molar-refractivity contribution in [2.75, 3.05) is 6.54 Å². The van der Waals surface area contributed by atoms with E-state index in [0.29, 0.717) is 5.56 Å². The number of carboxylic acids is 1. The smallest absolute Gasteiger partial charge is 0.317 e.